The summed E-state index contributed by atoms with van der Waals surface area (Å²) in [5, 5.41) is 20.2. The van der Waals surface area contributed by atoms with Gasteiger partial charge in [0.1, 0.15) is 6.04 Å². The molecule has 0 aliphatic carbocycles. The minimum Gasteiger partial charge on any atom is -0.480 e. The lowest BCUT2D eigenvalue weighted by atomic mass is 10.1. The summed E-state index contributed by atoms with van der Waals surface area (Å²) in [6.45, 7) is -0.323. The van der Waals surface area contributed by atoms with Crippen LogP contribution < -0.4 is 5.32 Å². The molecule has 5 nitrogen and oxygen atoms in total. The standard InChI is InChI=1S/C11H11BrClNO4/c12-7-3-6(4-8(13)5-7)10(16)14-9(1-2-15)11(17)18/h3-5,9,15H,1-2H2,(H,14,16)(H,17,18)/t9-/m1/s1. The molecule has 0 spiro atoms. The van der Waals surface area contributed by atoms with Crippen molar-refractivity contribution >= 4 is 39.4 Å². The van der Waals surface area contributed by atoms with Crippen molar-refractivity contribution in [3.8, 4) is 0 Å². The number of aliphatic hydroxyl groups excluding tert-OH is 1. The van der Waals surface area contributed by atoms with Gasteiger partial charge in [0.15, 0.2) is 0 Å². The van der Waals surface area contributed by atoms with Crippen LogP contribution in [0.15, 0.2) is 22.7 Å². The lowest BCUT2D eigenvalue weighted by Crippen LogP contribution is -2.41. The number of hydrogen-bond acceptors (Lipinski definition) is 3. The van der Waals surface area contributed by atoms with E-state index in [4.69, 9.17) is 21.8 Å². The Morgan fingerprint density at radius 3 is 2.56 bits per heavy atom. The second-order valence-electron chi connectivity index (χ2n) is 3.53. The number of nitrogens with one attached hydrogen (secondary N) is 1. The third-order valence-electron chi connectivity index (χ3n) is 2.15. The Morgan fingerprint density at radius 2 is 2.06 bits per heavy atom. The highest BCUT2D eigenvalue weighted by molar-refractivity contribution is 9.10. The third-order valence-corrected chi connectivity index (χ3v) is 2.82. The molecule has 1 rings (SSSR count). The molecule has 1 aromatic carbocycles. The molecule has 18 heavy (non-hydrogen) atoms. The summed E-state index contributed by atoms with van der Waals surface area (Å²) in [7, 11) is 0. The zero-order valence-corrected chi connectivity index (χ0v) is 11.5. The molecule has 0 aliphatic rings. The Kier molecular flexibility index (Phi) is 5.58. The van der Waals surface area contributed by atoms with Crippen molar-refractivity contribution in [1.82, 2.24) is 5.32 Å². The predicted molar refractivity (Wildman–Crippen MR) is 69.7 cm³/mol. The number of aliphatic carboxylic acids is 1. The highest BCUT2D eigenvalue weighted by atomic mass is 79.9. The van der Waals surface area contributed by atoms with Gasteiger partial charge in [-0.1, -0.05) is 27.5 Å². The van der Waals surface area contributed by atoms with Crippen LogP contribution in [-0.4, -0.2) is 34.7 Å². The fraction of sp³-hybridized carbons (Fsp3) is 0.273. The first-order valence-electron chi connectivity index (χ1n) is 5.04. The van der Waals surface area contributed by atoms with Crippen molar-refractivity contribution in [2.24, 2.45) is 0 Å². The average Bonchev–Trinajstić information content (AvgIpc) is 2.26. The van der Waals surface area contributed by atoms with Crippen LogP contribution in [-0.2, 0) is 4.79 Å². The zero-order valence-electron chi connectivity index (χ0n) is 9.19. The number of benzene rings is 1. The third kappa shape index (κ3) is 4.29. The zero-order chi connectivity index (χ0) is 13.7. The summed E-state index contributed by atoms with van der Waals surface area (Å²) in [5.74, 6) is -1.75. The molecule has 7 heteroatoms. The molecule has 0 saturated heterocycles. The van der Waals surface area contributed by atoms with Crippen LogP contribution in [0.5, 0.6) is 0 Å². The molecule has 0 aromatic heterocycles. The number of carbonyl (C=O) groups is 2. The van der Waals surface area contributed by atoms with Gasteiger partial charge in [0.25, 0.3) is 5.91 Å². The molecule has 1 aromatic rings. The van der Waals surface area contributed by atoms with E-state index in [0.29, 0.717) is 9.50 Å². The molecule has 0 heterocycles. The van der Waals surface area contributed by atoms with Gasteiger partial charge in [-0.15, -0.1) is 0 Å². The van der Waals surface area contributed by atoms with Crippen molar-refractivity contribution in [3.63, 3.8) is 0 Å². The Hall–Kier alpha value is -1.11. The first-order chi connectivity index (χ1) is 8.43. The quantitative estimate of drug-likeness (QED) is 0.763. The largest absolute Gasteiger partial charge is 0.480 e. The SMILES string of the molecule is O=C(N[C@H](CCO)C(=O)O)c1cc(Cl)cc(Br)c1. The van der Waals surface area contributed by atoms with Crippen LogP contribution in [0.2, 0.25) is 5.02 Å². The number of carboxylic acids is 1. The Balaban J connectivity index is 2.83. The van der Waals surface area contributed by atoms with Crippen LogP contribution in [0, 0.1) is 0 Å². The molecule has 0 radical (unpaired) electrons. The van der Waals surface area contributed by atoms with Crippen LogP contribution in [0.25, 0.3) is 0 Å². The minimum atomic E-state index is -1.20. The Morgan fingerprint density at radius 1 is 1.39 bits per heavy atom. The van der Waals surface area contributed by atoms with E-state index in [-0.39, 0.29) is 18.6 Å². The van der Waals surface area contributed by atoms with E-state index in [9.17, 15) is 9.59 Å². The first kappa shape index (κ1) is 14.9. The van der Waals surface area contributed by atoms with E-state index in [1.54, 1.807) is 6.07 Å². The fourth-order valence-corrected chi connectivity index (χ4v) is 2.17. The van der Waals surface area contributed by atoms with Gasteiger partial charge in [-0.2, -0.15) is 0 Å². The number of amides is 1. The van der Waals surface area contributed by atoms with Gasteiger partial charge in [-0.25, -0.2) is 4.79 Å². The molecular formula is C11H11BrClNO4. The lowest BCUT2D eigenvalue weighted by Gasteiger charge is -2.13. The van der Waals surface area contributed by atoms with Crippen molar-refractivity contribution in [1.29, 1.82) is 0 Å². The highest BCUT2D eigenvalue weighted by Crippen LogP contribution is 2.19. The molecule has 0 aliphatic heterocycles. The lowest BCUT2D eigenvalue weighted by molar-refractivity contribution is -0.139. The molecule has 0 bridgehead atoms. The van der Waals surface area contributed by atoms with Gasteiger partial charge in [0.2, 0.25) is 0 Å². The number of halogens is 2. The summed E-state index contributed by atoms with van der Waals surface area (Å²) in [6, 6.07) is 3.44. The number of hydrogen-bond donors (Lipinski definition) is 3. The second-order valence-corrected chi connectivity index (χ2v) is 4.89. The maximum absolute atomic E-state index is 11.8. The molecule has 0 saturated carbocycles. The van der Waals surface area contributed by atoms with Crippen LogP contribution >= 0.6 is 27.5 Å². The maximum Gasteiger partial charge on any atom is 0.326 e. The van der Waals surface area contributed by atoms with Crippen molar-refractivity contribution in [2.75, 3.05) is 6.61 Å². The number of carboxylic acid groups (broad SMARTS) is 1. The Bertz CT molecular complexity index is 446. The number of aliphatic hydroxyl groups is 1. The molecule has 3 N–H and O–H groups in total. The maximum atomic E-state index is 11.8. The summed E-state index contributed by atoms with van der Waals surface area (Å²) in [5.41, 5.74) is 0.249. The van der Waals surface area contributed by atoms with E-state index in [2.05, 4.69) is 21.2 Å². The number of rotatable bonds is 5. The average molecular weight is 337 g/mol. The van der Waals surface area contributed by atoms with E-state index >= 15 is 0 Å². The van der Waals surface area contributed by atoms with Gasteiger partial charge >= 0.3 is 5.97 Å². The smallest absolute Gasteiger partial charge is 0.326 e. The fourth-order valence-electron chi connectivity index (χ4n) is 1.31. The van der Waals surface area contributed by atoms with Crippen LogP contribution in [0.3, 0.4) is 0 Å². The molecule has 0 fully saturated rings. The number of carbonyl (C=O) groups excluding carboxylic acids is 1. The minimum absolute atomic E-state index is 0.0528. The van der Waals surface area contributed by atoms with Gasteiger partial charge in [-0.3, -0.25) is 4.79 Å². The molecular weight excluding hydrogens is 325 g/mol. The summed E-state index contributed by atoms with van der Waals surface area (Å²) in [6.07, 6.45) is -0.0528. The molecule has 1 atom stereocenters. The van der Waals surface area contributed by atoms with Gasteiger partial charge in [0.05, 0.1) is 0 Å². The van der Waals surface area contributed by atoms with Gasteiger partial charge in [-0.05, 0) is 18.2 Å². The van der Waals surface area contributed by atoms with Crippen LogP contribution in [0.4, 0.5) is 0 Å². The molecule has 1 amide bonds. The summed E-state index contributed by atoms with van der Waals surface area (Å²) in [4.78, 5) is 22.6. The first-order valence-corrected chi connectivity index (χ1v) is 6.21. The van der Waals surface area contributed by atoms with Crippen LogP contribution in [0.1, 0.15) is 16.8 Å². The highest BCUT2D eigenvalue weighted by Gasteiger charge is 2.20. The summed E-state index contributed by atoms with van der Waals surface area (Å²) >= 11 is 8.97. The second kappa shape index (κ2) is 6.72. The molecule has 0 unspecified atom stereocenters. The normalized spacial score (nSPS) is 11.9. The summed E-state index contributed by atoms with van der Waals surface area (Å²) < 4.78 is 0.620. The van der Waals surface area contributed by atoms with Crippen molar-refractivity contribution in [3.05, 3.63) is 33.3 Å². The Labute approximate surface area is 117 Å². The monoisotopic (exact) mass is 335 g/mol. The van der Waals surface area contributed by atoms with E-state index in [1.165, 1.54) is 12.1 Å². The van der Waals surface area contributed by atoms with Crippen molar-refractivity contribution in [2.45, 2.75) is 12.5 Å². The van der Waals surface area contributed by atoms with E-state index < -0.39 is 17.9 Å². The van der Waals surface area contributed by atoms with Crippen molar-refractivity contribution < 1.29 is 19.8 Å². The van der Waals surface area contributed by atoms with Gasteiger partial charge in [0, 0.05) is 28.1 Å². The topological polar surface area (TPSA) is 86.6 Å². The predicted octanol–water partition coefficient (Wildman–Crippen LogP) is 1.67. The van der Waals surface area contributed by atoms with Gasteiger partial charge < -0.3 is 15.5 Å². The molecule has 98 valence electrons. The van der Waals surface area contributed by atoms with E-state index in [0.717, 1.165) is 0 Å². The van der Waals surface area contributed by atoms with E-state index in [1.807, 2.05) is 0 Å².